The van der Waals surface area contributed by atoms with E-state index >= 15 is 0 Å². The molecule has 96 valence electrons. The van der Waals surface area contributed by atoms with Gasteiger partial charge < -0.3 is 9.52 Å². The average Bonchev–Trinajstić information content (AvgIpc) is 2.28. The molecule has 1 heterocycles. The summed E-state index contributed by atoms with van der Waals surface area (Å²) in [6.45, 7) is 5.91. The first-order chi connectivity index (χ1) is 8.11. The van der Waals surface area contributed by atoms with Crippen LogP contribution in [0, 0.1) is 6.92 Å². The van der Waals surface area contributed by atoms with Crippen LogP contribution in [0.2, 0.25) is 0 Å². The predicted molar refractivity (Wildman–Crippen MR) is 68.6 cm³/mol. The smallest absolute Gasteiger partial charge is 0.342 e. The normalized spacial score (nSPS) is 10.8. The summed E-state index contributed by atoms with van der Waals surface area (Å²) in [5.74, 6) is 0.724. The number of hydrogen-bond acceptors (Lipinski definition) is 3. The molecule has 3 nitrogen and oxygen atoms in total. The maximum Gasteiger partial charge on any atom is 0.342 e. The van der Waals surface area contributed by atoms with Crippen molar-refractivity contribution in [2.75, 3.05) is 0 Å². The molecule has 3 heteroatoms. The second-order valence-electron chi connectivity index (χ2n) is 4.46. The maximum absolute atomic E-state index is 11.7. The summed E-state index contributed by atoms with van der Waals surface area (Å²) in [6, 6.07) is 0. The Morgan fingerprint density at radius 2 is 1.59 bits per heavy atom. The number of aryl methyl sites for hydroxylation is 1. The van der Waals surface area contributed by atoms with E-state index in [4.69, 9.17) is 4.42 Å². The Kier molecular flexibility index (Phi) is 5.26. The molecule has 0 aliphatic heterocycles. The zero-order valence-corrected chi connectivity index (χ0v) is 11.0. The molecule has 0 radical (unpaired) electrons. The van der Waals surface area contributed by atoms with Gasteiger partial charge in [0.1, 0.15) is 11.5 Å². The molecule has 0 unspecified atom stereocenters. The molecule has 0 fully saturated rings. The van der Waals surface area contributed by atoms with Crippen LogP contribution in [-0.2, 0) is 12.8 Å². The summed E-state index contributed by atoms with van der Waals surface area (Å²) in [6.07, 6.45) is 5.32. The van der Waals surface area contributed by atoms with E-state index in [0.717, 1.165) is 37.7 Å². The van der Waals surface area contributed by atoms with Gasteiger partial charge >= 0.3 is 5.63 Å². The van der Waals surface area contributed by atoms with E-state index in [2.05, 4.69) is 13.8 Å². The lowest BCUT2D eigenvalue weighted by molar-refractivity contribution is 0.408. The van der Waals surface area contributed by atoms with Crippen molar-refractivity contribution in [2.45, 2.75) is 59.3 Å². The lowest BCUT2D eigenvalue weighted by atomic mass is 10.0. The van der Waals surface area contributed by atoms with Crippen LogP contribution in [0.25, 0.3) is 0 Å². The van der Waals surface area contributed by atoms with E-state index in [1.165, 1.54) is 0 Å². The van der Waals surface area contributed by atoms with Crippen molar-refractivity contribution in [3.8, 4) is 5.75 Å². The van der Waals surface area contributed by atoms with Crippen LogP contribution < -0.4 is 5.63 Å². The second kappa shape index (κ2) is 6.48. The van der Waals surface area contributed by atoms with E-state index in [9.17, 15) is 9.90 Å². The van der Waals surface area contributed by atoms with E-state index in [0.29, 0.717) is 17.7 Å². The Bertz CT molecular complexity index is 418. The zero-order chi connectivity index (χ0) is 12.8. The van der Waals surface area contributed by atoms with Crippen molar-refractivity contribution in [1.82, 2.24) is 0 Å². The number of hydrogen-bond donors (Lipinski definition) is 1. The molecule has 0 bridgehead atoms. The highest BCUT2D eigenvalue weighted by Crippen LogP contribution is 2.25. The van der Waals surface area contributed by atoms with Gasteiger partial charge in [-0.15, -0.1) is 0 Å². The summed E-state index contributed by atoms with van der Waals surface area (Å²) in [5, 5.41) is 10.1. The molecule has 0 saturated heterocycles. The molecule has 17 heavy (non-hydrogen) atoms. The summed E-state index contributed by atoms with van der Waals surface area (Å²) in [5.41, 5.74) is 0.870. The fourth-order valence-electron chi connectivity index (χ4n) is 1.93. The monoisotopic (exact) mass is 238 g/mol. The Morgan fingerprint density at radius 3 is 2.12 bits per heavy atom. The highest BCUT2D eigenvalue weighted by molar-refractivity contribution is 5.39. The fraction of sp³-hybridized carbons (Fsp3) is 0.643. The van der Waals surface area contributed by atoms with Gasteiger partial charge in [0, 0.05) is 5.56 Å². The third kappa shape index (κ3) is 3.35. The Hall–Kier alpha value is -1.25. The van der Waals surface area contributed by atoms with Gasteiger partial charge in [0.25, 0.3) is 0 Å². The lowest BCUT2D eigenvalue weighted by Gasteiger charge is -2.10. The Labute approximate surface area is 102 Å². The molecule has 1 aromatic rings. The second-order valence-corrected chi connectivity index (χ2v) is 4.46. The van der Waals surface area contributed by atoms with Crippen LogP contribution in [0.15, 0.2) is 9.21 Å². The lowest BCUT2D eigenvalue weighted by Crippen LogP contribution is -2.11. The largest absolute Gasteiger partial charge is 0.507 e. The van der Waals surface area contributed by atoms with Gasteiger partial charge in [-0.25, -0.2) is 4.79 Å². The van der Waals surface area contributed by atoms with Crippen molar-refractivity contribution in [3.05, 3.63) is 27.3 Å². The molecule has 1 aromatic heterocycles. The minimum Gasteiger partial charge on any atom is -0.507 e. The van der Waals surface area contributed by atoms with Crippen molar-refractivity contribution in [1.29, 1.82) is 0 Å². The van der Waals surface area contributed by atoms with Gasteiger partial charge in [0.2, 0.25) is 0 Å². The molecular weight excluding hydrogens is 216 g/mol. The highest BCUT2D eigenvalue weighted by atomic mass is 16.4. The van der Waals surface area contributed by atoms with Gasteiger partial charge in [-0.2, -0.15) is 0 Å². The number of aromatic hydroxyl groups is 1. The van der Waals surface area contributed by atoms with Crippen molar-refractivity contribution in [2.24, 2.45) is 0 Å². The molecule has 0 aliphatic carbocycles. The molecule has 1 rings (SSSR count). The van der Waals surface area contributed by atoms with Gasteiger partial charge in [-0.1, -0.05) is 26.7 Å². The highest BCUT2D eigenvalue weighted by Gasteiger charge is 2.15. The van der Waals surface area contributed by atoms with Gasteiger partial charge in [0.15, 0.2) is 0 Å². The molecular formula is C14H22O3. The van der Waals surface area contributed by atoms with Gasteiger partial charge in [-0.3, -0.25) is 0 Å². The topological polar surface area (TPSA) is 50.4 Å². The molecule has 0 atom stereocenters. The van der Waals surface area contributed by atoms with Crippen molar-refractivity contribution < 1.29 is 9.52 Å². The summed E-state index contributed by atoms with van der Waals surface area (Å²) in [4.78, 5) is 11.7. The van der Waals surface area contributed by atoms with E-state index in [1.807, 2.05) is 0 Å². The third-order valence-corrected chi connectivity index (χ3v) is 3.05. The molecule has 0 saturated carbocycles. The van der Waals surface area contributed by atoms with E-state index in [1.54, 1.807) is 6.92 Å². The maximum atomic E-state index is 11.7. The third-order valence-electron chi connectivity index (χ3n) is 3.05. The quantitative estimate of drug-likeness (QED) is 0.827. The number of unbranched alkanes of at least 4 members (excludes halogenated alkanes) is 2. The minimum absolute atomic E-state index is 0.167. The predicted octanol–water partition coefficient (Wildman–Crippen LogP) is 3.34. The Morgan fingerprint density at radius 1 is 1.06 bits per heavy atom. The average molecular weight is 238 g/mol. The van der Waals surface area contributed by atoms with E-state index in [-0.39, 0.29) is 11.4 Å². The molecule has 0 amide bonds. The molecule has 0 aliphatic rings. The van der Waals surface area contributed by atoms with Crippen LogP contribution in [0.4, 0.5) is 0 Å². The summed E-state index contributed by atoms with van der Waals surface area (Å²) >= 11 is 0. The molecule has 0 aromatic carbocycles. The van der Waals surface area contributed by atoms with Crippen LogP contribution in [0.5, 0.6) is 5.75 Å². The van der Waals surface area contributed by atoms with Gasteiger partial charge in [0.05, 0.1) is 5.56 Å². The van der Waals surface area contributed by atoms with Crippen molar-refractivity contribution in [3.63, 3.8) is 0 Å². The SMILES string of the molecule is CCCCc1c(C)oc(=O)c(CCCC)c1O. The van der Waals surface area contributed by atoms with Crippen LogP contribution >= 0.6 is 0 Å². The van der Waals surface area contributed by atoms with Crippen LogP contribution in [0.3, 0.4) is 0 Å². The fourth-order valence-corrected chi connectivity index (χ4v) is 1.93. The minimum atomic E-state index is -0.381. The van der Waals surface area contributed by atoms with Crippen molar-refractivity contribution >= 4 is 0 Å². The first-order valence-corrected chi connectivity index (χ1v) is 6.46. The van der Waals surface area contributed by atoms with Gasteiger partial charge in [-0.05, 0) is 32.6 Å². The first kappa shape index (κ1) is 13.8. The number of rotatable bonds is 6. The van der Waals surface area contributed by atoms with Crippen LogP contribution in [-0.4, -0.2) is 5.11 Å². The zero-order valence-electron chi connectivity index (χ0n) is 11.0. The summed E-state index contributed by atoms with van der Waals surface area (Å²) in [7, 11) is 0. The van der Waals surface area contributed by atoms with Crippen LogP contribution in [0.1, 0.15) is 56.4 Å². The standard InChI is InChI=1S/C14H22O3/c1-4-6-8-11-10(3)17-14(16)12(13(11)15)9-7-5-2/h15H,4-9H2,1-3H3. The molecule has 0 spiro atoms. The molecule has 1 N–H and O–H groups in total. The van der Waals surface area contributed by atoms with E-state index < -0.39 is 0 Å². The Balaban J connectivity index is 3.08. The first-order valence-electron chi connectivity index (χ1n) is 6.46. The summed E-state index contributed by atoms with van der Waals surface area (Å²) < 4.78 is 5.20.